The predicted molar refractivity (Wildman–Crippen MR) is 84.1 cm³/mol. The molecule has 1 aromatic carbocycles. The first-order valence-corrected chi connectivity index (χ1v) is 8.59. The van der Waals surface area contributed by atoms with Crippen molar-refractivity contribution in [3.8, 4) is 0 Å². The van der Waals surface area contributed by atoms with Crippen molar-refractivity contribution in [2.24, 2.45) is 5.92 Å². The van der Waals surface area contributed by atoms with E-state index in [-0.39, 0.29) is 10.9 Å². The van der Waals surface area contributed by atoms with Gasteiger partial charge in [0, 0.05) is 6.04 Å². The fourth-order valence-electron chi connectivity index (χ4n) is 2.26. The van der Waals surface area contributed by atoms with Crippen LogP contribution in [0.5, 0.6) is 0 Å². The Balaban J connectivity index is 2.75. The summed E-state index contributed by atoms with van der Waals surface area (Å²) in [7, 11) is -3.55. The maximum Gasteiger partial charge on any atom is 0.243 e. The molecule has 0 bridgehead atoms. The van der Waals surface area contributed by atoms with Crippen LogP contribution in [0.3, 0.4) is 0 Å². The second-order valence-electron chi connectivity index (χ2n) is 5.84. The van der Waals surface area contributed by atoms with Gasteiger partial charge < -0.3 is 5.73 Å². The number of hydrogen-bond donors (Lipinski definition) is 2. The molecule has 0 spiro atoms. The average molecular weight is 298 g/mol. The van der Waals surface area contributed by atoms with Crippen molar-refractivity contribution in [3.63, 3.8) is 0 Å². The van der Waals surface area contributed by atoms with Crippen LogP contribution in [0, 0.1) is 12.8 Å². The van der Waals surface area contributed by atoms with E-state index in [1.165, 1.54) is 0 Å². The second kappa shape index (κ2) is 7.09. The summed E-state index contributed by atoms with van der Waals surface area (Å²) in [5, 5.41) is 0. The molecule has 1 aromatic rings. The van der Waals surface area contributed by atoms with Gasteiger partial charge in [-0.15, -0.1) is 0 Å². The van der Waals surface area contributed by atoms with E-state index in [1.807, 2.05) is 6.92 Å². The lowest BCUT2D eigenvalue weighted by Crippen LogP contribution is -2.33. The van der Waals surface area contributed by atoms with Crippen LogP contribution in [0.15, 0.2) is 23.1 Å². The van der Waals surface area contributed by atoms with Crippen molar-refractivity contribution < 1.29 is 8.42 Å². The fraction of sp³-hybridized carbons (Fsp3) is 0.600. The van der Waals surface area contributed by atoms with Gasteiger partial charge in [0.1, 0.15) is 4.90 Å². The van der Waals surface area contributed by atoms with E-state index in [0.717, 1.165) is 19.3 Å². The summed E-state index contributed by atoms with van der Waals surface area (Å²) in [5.41, 5.74) is 6.77. The minimum Gasteiger partial charge on any atom is -0.398 e. The highest BCUT2D eigenvalue weighted by Crippen LogP contribution is 2.22. The van der Waals surface area contributed by atoms with Crippen LogP contribution < -0.4 is 10.5 Å². The number of aryl methyl sites for hydroxylation is 1. The lowest BCUT2D eigenvalue weighted by molar-refractivity contribution is 0.488. The van der Waals surface area contributed by atoms with Crippen LogP contribution in [0.2, 0.25) is 0 Å². The van der Waals surface area contributed by atoms with E-state index in [0.29, 0.717) is 17.2 Å². The SMILES string of the molecule is Cc1cccc(N)c1S(=O)(=O)NC(C)CCCC(C)C. The Morgan fingerprint density at radius 2 is 1.85 bits per heavy atom. The molecule has 114 valence electrons. The van der Waals surface area contributed by atoms with Gasteiger partial charge >= 0.3 is 0 Å². The zero-order valence-corrected chi connectivity index (χ0v) is 13.6. The van der Waals surface area contributed by atoms with E-state index in [1.54, 1.807) is 25.1 Å². The lowest BCUT2D eigenvalue weighted by atomic mass is 10.0. The Kier molecular flexibility index (Phi) is 6.02. The van der Waals surface area contributed by atoms with Gasteiger partial charge in [0.15, 0.2) is 0 Å². The molecule has 4 nitrogen and oxygen atoms in total. The molecule has 0 saturated heterocycles. The average Bonchev–Trinajstić information content (AvgIpc) is 2.26. The van der Waals surface area contributed by atoms with Crippen molar-refractivity contribution in [3.05, 3.63) is 23.8 Å². The Morgan fingerprint density at radius 3 is 2.40 bits per heavy atom. The normalized spacial score (nSPS) is 13.7. The molecule has 3 N–H and O–H groups in total. The minimum atomic E-state index is -3.55. The second-order valence-corrected chi connectivity index (χ2v) is 7.49. The Hall–Kier alpha value is -1.07. The third-order valence-electron chi connectivity index (χ3n) is 3.29. The van der Waals surface area contributed by atoms with Crippen molar-refractivity contribution in [1.29, 1.82) is 0 Å². The van der Waals surface area contributed by atoms with E-state index >= 15 is 0 Å². The monoisotopic (exact) mass is 298 g/mol. The number of nitrogens with two attached hydrogens (primary N) is 1. The highest BCUT2D eigenvalue weighted by Gasteiger charge is 2.21. The minimum absolute atomic E-state index is 0.0854. The smallest absolute Gasteiger partial charge is 0.243 e. The number of sulfonamides is 1. The summed E-state index contributed by atoms with van der Waals surface area (Å²) in [6.07, 6.45) is 2.96. The third-order valence-corrected chi connectivity index (χ3v) is 5.09. The zero-order chi connectivity index (χ0) is 15.3. The van der Waals surface area contributed by atoms with E-state index in [9.17, 15) is 8.42 Å². The molecule has 0 aliphatic heterocycles. The molecule has 0 aliphatic carbocycles. The summed E-state index contributed by atoms with van der Waals surface area (Å²) in [6, 6.07) is 5.05. The highest BCUT2D eigenvalue weighted by atomic mass is 32.2. The first-order chi connectivity index (χ1) is 9.24. The van der Waals surface area contributed by atoms with E-state index in [2.05, 4.69) is 18.6 Å². The van der Waals surface area contributed by atoms with Gasteiger partial charge in [-0.2, -0.15) is 0 Å². The van der Waals surface area contributed by atoms with Crippen molar-refractivity contribution in [1.82, 2.24) is 4.72 Å². The molecule has 1 atom stereocenters. The van der Waals surface area contributed by atoms with E-state index < -0.39 is 10.0 Å². The van der Waals surface area contributed by atoms with Crippen molar-refractivity contribution >= 4 is 15.7 Å². The molecule has 20 heavy (non-hydrogen) atoms. The standard InChI is InChI=1S/C15H26N2O2S/c1-11(2)7-5-9-13(4)17-20(18,19)15-12(3)8-6-10-14(15)16/h6,8,10-11,13,17H,5,7,9,16H2,1-4H3. The first-order valence-electron chi connectivity index (χ1n) is 7.11. The molecule has 1 rings (SSSR count). The number of nitrogens with one attached hydrogen (secondary N) is 1. The molecule has 0 fully saturated rings. The molecule has 0 heterocycles. The van der Waals surface area contributed by atoms with Crippen LogP contribution >= 0.6 is 0 Å². The number of rotatable bonds is 7. The van der Waals surface area contributed by atoms with Crippen molar-refractivity contribution in [2.75, 3.05) is 5.73 Å². The molecule has 0 aliphatic rings. The Morgan fingerprint density at radius 1 is 1.20 bits per heavy atom. The maximum atomic E-state index is 12.4. The van der Waals surface area contributed by atoms with Gasteiger partial charge in [-0.1, -0.05) is 38.8 Å². The molecule has 0 radical (unpaired) electrons. The molecule has 0 amide bonds. The van der Waals surface area contributed by atoms with Gasteiger partial charge in [0.05, 0.1) is 5.69 Å². The fourth-order valence-corrected chi connectivity index (χ4v) is 3.89. The quantitative estimate of drug-likeness (QED) is 0.760. The molecule has 1 unspecified atom stereocenters. The molecule has 5 heteroatoms. The number of benzene rings is 1. The van der Waals surface area contributed by atoms with E-state index in [4.69, 9.17) is 5.73 Å². The van der Waals surface area contributed by atoms with Crippen molar-refractivity contribution in [2.45, 2.75) is 57.9 Å². The van der Waals surface area contributed by atoms with Gasteiger partial charge in [0.2, 0.25) is 10.0 Å². The lowest BCUT2D eigenvalue weighted by Gasteiger charge is -2.17. The highest BCUT2D eigenvalue weighted by molar-refractivity contribution is 7.89. The van der Waals surface area contributed by atoms with Crippen LogP contribution in [0.4, 0.5) is 5.69 Å². The number of nitrogen functional groups attached to an aromatic ring is 1. The summed E-state index contributed by atoms with van der Waals surface area (Å²) in [5.74, 6) is 0.644. The topological polar surface area (TPSA) is 72.2 Å². The number of anilines is 1. The van der Waals surface area contributed by atoms with Gasteiger partial charge in [-0.05, 0) is 37.8 Å². The first kappa shape index (κ1) is 17.0. The summed E-state index contributed by atoms with van der Waals surface area (Å²) < 4.78 is 27.5. The Bertz CT molecular complexity index is 519. The summed E-state index contributed by atoms with van der Waals surface area (Å²) in [6.45, 7) is 7.99. The molecular weight excluding hydrogens is 272 g/mol. The molecular formula is C15H26N2O2S. The van der Waals surface area contributed by atoms with Gasteiger partial charge in [-0.25, -0.2) is 13.1 Å². The third kappa shape index (κ3) is 4.80. The zero-order valence-electron chi connectivity index (χ0n) is 12.8. The van der Waals surface area contributed by atoms with Gasteiger partial charge in [0.25, 0.3) is 0 Å². The molecule has 0 saturated carbocycles. The van der Waals surface area contributed by atoms with Crippen LogP contribution in [0.25, 0.3) is 0 Å². The van der Waals surface area contributed by atoms with Crippen LogP contribution in [0.1, 0.15) is 45.6 Å². The largest absolute Gasteiger partial charge is 0.398 e. The predicted octanol–water partition coefficient (Wildman–Crippen LogP) is 3.07. The summed E-state index contributed by atoms with van der Waals surface area (Å²) >= 11 is 0. The number of hydrogen-bond acceptors (Lipinski definition) is 3. The van der Waals surface area contributed by atoms with Crippen LogP contribution in [-0.4, -0.2) is 14.5 Å². The maximum absolute atomic E-state index is 12.4. The summed E-state index contributed by atoms with van der Waals surface area (Å²) in [4.78, 5) is 0.204. The Labute approximate surface area is 122 Å². The van der Waals surface area contributed by atoms with Crippen LogP contribution in [-0.2, 0) is 10.0 Å². The molecule has 0 aromatic heterocycles. The van der Waals surface area contributed by atoms with Gasteiger partial charge in [-0.3, -0.25) is 0 Å².